The molecule has 0 saturated carbocycles. The largest absolute Gasteiger partial charge is 0.270 e. The lowest BCUT2D eigenvalue weighted by atomic mass is 10.2. The van der Waals surface area contributed by atoms with Crippen molar-refractivity contribution in [3.05, 3.63) is 109 Å². The van der Waals surface area contributed by atoms with E-state index in [4.69, 9.17) is 0 Å². The van der Waals surface area contributed by atoms with Gasteiger partial charge in [0.15, 0.2) is 5.65 Å². The Kier molecular flexibility index (Phi) is 5.70. The lowest BCUT2D eigenvalue weighted by Crippen LogP contribution is -1.86. The second-order valence-electron chi connectivity index (χ2n) is 6.19. The molecule has 0 spiro atoms. The van der Waals surface area contributed by atoms with E-state index in [0.29, 0.717) is 0 Å². The van der Waals surface area contributed by atoms with Crippen LogP contribution in [0.1, 0.15) is 18.1 Å². The summed E-state index contributed by atoms with van der Waals surface area (Å²) in [6.07, 6.45) is 6.17. The maximum absolute atomic E-state index is 4.64. The molecule has 0 aliphatic carbocycles. The quantitative estimate of drug-likeness (QED) is 0.337. The molecule has 2 aromatic heterocycles. The van der Waals surface area contributed by atoms with Crippen molar-refractivity contribution in [3.8, 4) is 0 Å². The minimum atomic E-state index is 0.969. The fourth-order valence-corrected chi connectivity index (χ4v) is 4.78. The van der Waals surface area contributed by atoms with E-state index < -0.39 is 0 Å². The predicted octanol–water partition coefficient (Wildman–Crippen LogP) is 7.36. The van der Waals surface area contributed by atoms with Crippen LogP contribution in [-0.2, 0) is 0 Å². The molecule has 0 bridgehead atoms. The first-order chi connectivity index (χ1) is 13.8. The molecule has 4 aromatic rings. The van der Waals surface area contributed by atoms with Crippen molar-refractivity contribution in [2.75, 3.05) is 0 Å². The number of hydrogen-bond acceptors (Lipinski definition) is 3. The van der Waals surface area contributed by atoms with Crippen molar-refractivity contribution < 1.29 is 0 Å². The maximum Gasteiger partial charge on any atom is 0.150 e. The van der Waals surface area contributed by atoms with Crippen LogP contribution in [0.2, 0.25) is 0 Å². The summed E-state index contributed by atoms with van der Waals surface area (Å²) in [5.41, 5.74) is 3.29. The number of pyridine rings is 1. The number of allylic oxidation sites excluding steroid dienone is 1. The molecule has 0 aliphatic heterocycles. The number of hydrogen-bond donors (Lipinski definition) is 0. The predicted molar refractivity (Wildman–Crippen MR) is 124 cm³/mol. The number of benzene rings is 2. The van der Waals surface area contributed by atoms with E-state index >= 15 is 0 Å². The molecule has 0 amide bonds. The van der Waals surface area contributed by atoms with Crippen LogP contribution < -0.4 is 0 Å². The van der Waals surface area contributed by atoms with Crippen LogP contribution in [0.15, 0.2) is 103 Å². The molecule has 0 fully saturated rings. The normalized spacial score (nSPS) is 11.7. The van der Waals surface area contributed by atoms with Crippen LogP contribution in [0.25, 0.3) is 20.8 Å². The van der Waals surface area contributed by atoms with E-state index in [-0.39, 0.29) is 0 Å². The van der Waals surface area contributed by atoms with Crippen molar-refractivity contribution in [1.82, 2.24) is 8.96 Å². The topological polar surface area (TPSA) is 17.8 Å². The minimum Gasteiger partial charge on any atom is -0.270 e. The minimum absolute atomic E-state index is 0.969. The SMILES string of the molecule is C=C(S/C(=C\C)c1cn(Sc2ccccc2)c2ncccc12)c1ccccc1. The van der Waals surface area contributed by atoms with E-state index in [1.807, 2.05) is 36.5 Å². The molecule has 2 aromatic carbocycles. The Balaban J connectivity index is 1.70. The molecule has 0 saturated heterocycles. The highest BCUT2D eigenvalue weighted by molar-refractivity contribution is 8.16. The van der Waals surface area contributed by atoms with Gasteiger partial charge in [-0.2, -0.15) is 0 Å². The van der Waals surface area contributed by atoms with Gasteiger partial charge in [0.25, 0.3) is 0 Å². The van der Waals surface area contributed by atoms with Crippen molar-refractivity contribution >= 4 is 44.6 Å². The highest BCUT2D eigenvalue weighted by Gasteiger charge is 2.15. The highest BCUT2D eigenvalue weighted by Crippen LogP contribution is 2.41. The van der Waals surface area contributed by atoms with Crippen molar-refractivity contribution in [2.24, 2.45) is 0 Å². The Morgan fingerprint density at radius 3 is 2.39 bits per heavy atom. The zero-order chi connectivity index (χ0) is 19.3. The molecule has 0 radical (unpaired) electrons. The third-order valence-corrected chi connectivity index (χ3v) is 6.45. The first-order valence-corrected chi connectivity index (χ1v) is 10.6. The highest BCUT2D eigenvalue weighted by atomic mass is 32.2. The summed E-state index contributed by atoms with van der Waals surface area (Å²) in [7, 11) is 0. The van der Waals surface area contributed by atoms with Gasteiger partial charge in [-0.1, -0.05) is 72.9 Å². The lowest BCUT2D eigenvalue weighted by molar-refractivity contribution is 1.24. The lowest BCUT2D eigenvalue weighted by Gasteiger charge is -2.09. The smallest absolute Gasteiger partial charge is 0.150 e. The van der Waals surface area contributed by atoms with Crippen molar-refractivity contribution in [1.29, 1.82) is 0 Å². The average Bonchev–Trinajstić information content (AvgIpc) is 3.11. The fourth-order valence-electron chi connectivity index (χ4n) is 2.98. The van der Waals surface area contributed by atoms with Gasteiger partial charge in [-0.3, -0.25) is 3.97 Å². The van der Waals surface area contributed by atoms with Crippen LogP contribution in [0.3, 0.4) is 0 Å². The van der Waals surface area contributed by atoms with E-state index in [1.54, 1.807) is 23.7 Å². The first-order valence-electron chi connectivity index (χ1n) is 9.04. The van der Waals surface area contributed by atoms with Gasteiger partial charge in [0, 0.05) is 38.0 Å². The van der Waals surface area contributed by atoms with Gasteiger partial charge in [0.1, 0.15) is 0 Å². The molecule has 0 N–H and O–H groups in total. The Morgan fingerprint density at radius 2 is 1.68 bits per heavy atom. The molecule has 4 heteroatoms. The number of aromatic nitrogens is 2. The molecule has 138 valence electrons. The number of thioether (sulfide) groups is 1. The van der Waals surface area contributed by atoms with Gasteiger partial charge in [0.05, 0.1) is 0 Å². The monoisotopic (exact) mass is 400 g/mol. The van der Waals surface area contributed by atoms with Crippen LogP contribution >= 0.6 is 23.7 Å². The maximum atomic E-state index is 4.64. The van der Waals surface area contributed by atoms with Gasteiger partial charge < -0.3 is 0 Å². The molecule has 28 heavy (non-hydrogen) atoms. The Bertz CT molecular complexity index is 1130. The van der Waals surface area contributed by atoms with Gasteiger partial charge in [-0.25, -0.2) is 4.98 Å². The molecular formula is C24H20N2S2. The van der Waals surface area contributed by atoms with Crippen LogP contribution in [0.4, 0.5) is 0 Å². The molecule has 0 atom stereocenters. The second kappa shape index (κ2) is 8.55. The Morgan fingerprint density at radius 1 is 0.964 bits per heavy atom. The molecular weight excluding hydrogens is 380 g/mol. The number of rotatable bonds is 6. The van der Waals surface area contributed by atoms with Gasteiger partial charge in [0.2, 0.25) is 0 Å². The number of fused-ring (bicyclic) bond motifs is 1. The summed E-state index contributed by atoms with van der Waals surface area (Å²) in [6, 6.07) is 24.8. The molecule has 0 unspecified atom stereocenters. The van der Waals surface area contributed by atoms with E-state index in [9.17, 15) is 0 Å². The zero-order valence-electron chi connectivity index (χ0n) is 15.6. The van der Waals surface area contributed by atoms with Gasteiger partial charge >= 0.3 is 0 Å². The van der Waals surface area contributed by atoms with E-state index in [0.717, 1.165) is 21.5 Å². The van der Waals surface area contributed by atoms with Crippen molar-refractivity contribution in [3.63, 3.8) is 0 Å². The van der Waals surface area contributed by atoms with Crippen LogP contribution in [-0.4, -0.2) is 8.96 Å². The van der Waals surface area contributed by atoms with E-state index in [2.05, 4.69) is 77.2 Å². The van der Waals surface area contributed by atoms with Crippen molar-refractivity contribution in [2.45, 2.75) is 11.8 Å². The number of nitrogens with zero attached hydrogens (tertiary/aromatic N) is 2. The van der Waals surface area contributed by atoms with Crippen LogP contribution in [0.5, 0.6) is 0 Å². The standard InChI is InChI=1S/C24H20N2S2/c1-3-23(27-18(2)19-11-6-4-7-12-19)22-17-26(24-21(22)15-10-16-25-24)28-20-13-8-5-9-14-20/h3-17H,2H2,1H3/b23-3-. The summed E-state index contributed by atoms with van der Waals surface area (Å²) in [4.78, 5) is 8.03. The summed E-state index contributed by atoms with van der Waals surface area (Å²) < 4.78 is 2.15. The third-order valence-electron chi connectivity index (χ3n) is 4.34. The average molecular weight is 401 g/mol. The first kappa shape index (κ1) is 18.7. The molecule has 0 aliphatic rings. The summed E-state index contributed by atoms with van der Waals surface area (Å²) in [5.74, 6) is 0. The molecule has 2 heterocycles. The Labute approximate surface area is 174 Å². The summed E-state index contributed by atoms with van der Waals surface area (Å²) in [6.45, 7) is 6.36. The molecule has 4 rings (SSSR count). The fraction of sp³-hybridized carbons (Fsp3) is 0.0417. The van der Waals surface area contributed by atoms with E-state index in [1.165, 1.54) is 15.4 Å². The Hall–Kier alpha value is -2.69. The molecule has 2 nitrogen and oxygen atoms in total. The third kappa shape index (κ3) is 3.93. The summed E-state index contributed by atoms with van der Waals surface area (Å²) >= 11 is 3.38. The summed E-state index contributed by atoms with van der Waals surface area (Å²) in [5, 5.41) is 1.15. The second-order valence-corrected chi connectivity index (χ2v) is 8.38. The van der Waals surface area contributed by atoms with Crippen LogP contribution in [0, 0.1) is 0 Å². The zero-order valence-corrected chi connectivity index (χ0v) is 17.2. The van der Waals surface area contributed by atoms with Gasteiger partial charge in [-0.15, -0.1) is 0 Å². The van der Waals surface area contributed by atoms with Gasteiger partial charge in [-0.05, 0) is 48.7 Å².